The highest BCUT2D eigenvalue weighted by molar-refractivity contribution is 9.10. The van der Waals surface area contributed by atoms with Crippen molar-refractivity contribution in [2.24, 2.45) is 7.05 Å². The Morgan fingerprint density at radius 2 is 2.31 bits per heavy atom. The molecule has 0 amide bonds. The summed E-state index contributed by atoms with van der Waals surface area (Å²) in [4.78, 5) is 1.97. The number of hydrogen-bond donors (Lipinski definition) is 0. The van der Waals surface area contributed by atoms with Crippen LogP contribution in [0.1, 0.15) is 5.56 Å². The van der Waals surface area contributed by atoms with E-state index in [1.807, 2.05) is 31.4 Å². The summed E-state index contributed by atoms with van der Waals surface area (Å²) in [5, 5.41) is 13.1. The van der Waals surface area contributed by atoms with E-state index in [1.165, 1.54) is 0 Å². The Kier molecular flexibility index (Phi) is 3.32. The molecule has 0 spiro atoms. The highest BCUT2D eigenvalue weighted by Gasteiger charge is 2.06. The number of rotatable bonds is 2. The van der Waals surface area contributed by atoms with Crippen LogP contribution in [0.25, 0.3) is 0 Å². The molecule has 3 nitrogen and oxygen atoms in total. The topological polar surface area (TPSA) is 41.6 Å². The van der Waals surface area contributed by atoms with Crippen LogP contribution in [0.5, 0.6) is 0 Å². The molecule has 1 aromatic heterocycles. The third-order valence-electron chi connectivity index (χ3n) is 1.97. The van der Waals surface area contributed by atoms with E-state index in [2.05, 4.69) is 27.1 Å². The first-order chi connectivity index (χ1) is 7.69. The van der Waals surface area contributed by atoms with Crippen molar-refractivity contribution in [3.63, 3.8) is 0 Å². The Hall–Kier alpha value is -1.25. The molecule has 0 aliphatic heterocycles. The summed E-state index contributed by atoms with van der Waals surface area (Å²) in [5.41, 5.74) is 0.670. The van der Waals surface area contributed by atoms with Gasteiger partial charge in [-0.05, 0) is 18.2 Å². The van der Waals surface area contributed by atoms with Crippen LogP contribution in [0.4, 0.5) is 0 Å². The standard InChI is InChI=1S/C11H8BrN3S/c1-15-7-10(6-14-15)16-11-3-2-9(12)4-8(11)5-13/h2-4,6-7H,1H3. The normalized spacial score (nSPS) is 10.1. The fourth-order valence-electron chi connectivity index (χ4n) is 1.26. The van der Waals surface area contributed by atoms with E-state index in [4.69, 9.17) is 5.26 Å². The van der Waals surface area contributed by atoms with Crippen molar-refractivity contribution in [1.82, 2.24) is 9.78 Å². The van der Waals surface area contributed by atoms with Gasteiger partial charge in [-0.2, -0.15) is 10.4 Å². The van der Waals surface area contributed by atoms with Gasteiger partial charge >= 0.3 is 0 Å². The molecular formula is C11H8BrN3S. The van der Waals surface area contributed by atoms with Crippen molar-refractivity contribution in [3.05, 3.63) is 40.6 Å². The van der Waals surface area contributed by atoms with E-state index in [0.29, 0.717) is 5.56 Å². The molecule has 5 heteroatoms. The van der Waals surface area contributed by atoms with Crippen LogP contribution in [0.2, 0.25) is 0 Å². The molecule has 0 saturated carbocycles. The minimum atomic E-state index is 0.670. The van der Waals surface area contributed by atoms with Crippen LogP contribution in [-0.2, 0) is 7.05 Å². The highest BCUT2D eigenvalue weighted by atomic mass is 79.9. The molecule has 0 bridgehead atoms. The Labute approximate surface area is 106 Å². The van der Waals surface area contributed by atoms with Crippen molar-refractivity contribution in [2.75, 3.05) is 0 Å². The molecule has 0 atom stereocenters. The van der Waals surface area contributed by atoms with Crippen LogP contribution in [0.3, 0.4) is 0 Å². The Balaban J connectivity index is 2.31. The molecule has 1 aromatic carbocycles. The maximum absolute atomic E-state index is 9.02. The van der Waals surface area contributed by atoms with Crippen molar-refractivity contribution < 1.29 is 0 Å². The first kappa shape index (κ1) is 11.2. The minimum absolute atomic E-state index is 0.670. The molecule has 16 heavy (non-hydrogen) atoms. The highest BCUT2D eigenvalue weighted by Crippen LogP contribution is 2.31. The third-order valence-corrected chi connectivity index (χ3v) is 3.49. The summed E-state index contributed by atoms with van der Waals surface area (Å²) in [7, 11) is 1.87. The van der Waals surface area contributed by atoms with E-state index in [1.54, 1.807) is 22.6 Å². The zero-order valence-electron chi connectivity index (χ0n) is 8.51. The monoisotopic (exact) mass is 293 g/mol. The average molecular weight is 294 g/mol. The molecule has 0 radical (unpaired) electrons. The quantitative estimate of drug-likeness (QED) is 0.854. The lowest BCUT2D eigenvalue weighted by atomic mass is 10.2. The Morgan fingerprint density at radius 1 is 1.50 bits per heavy atom. The number of aryl methyl sites for hydroxylation is 1. The van der Waals surface area contributed by atoms with Gasteiger partial charge in [-0.15, -0.1) is 0 Å². The van der Waals surface area contributed by atoms with Gasteiger partial charge in [-0.25, -0.2) is 0 Å². The Morgan fingerprint density at radius 3 is 2.94 bits per heavy atom. The molecule has 0 N–H and O–H groups in total. The van der Waals surface area contributed by atoms with Gasteiger partial charge < -0.3 is 0 Å². The number of aromatic nitrogens is 2. The Bertz CT molecular complexity index is 557. The van der Waals surface area contributed by atoms with Crippen LogP contribution in [0, 0.1) is 11.3 Å². The summed E-state index contributed by atoms with van der Waals surface area (Å²) in [6, 6.07) is 7.86. The SMILES string of the molecule is Cn1cc(Sc2ccc(Br)cc2C#N)cn1. The van der Waals surface area contributed by atoms with Crippen LogP contribution in [0.15, 0.2) is 44.9 Å². The number of halogens is 1. The second-order valence-corrected chi connectivity index (χ2v) is 5.24. The van der Waals surface area contributed by atoms with Crippen LogP contribution >= 0.6 is 27.7 Å². The van der Waals surface area contributed by atoms with Crippen LogP contribution < -0.4 is 0 Å². The summed E-state index contributed by atoms with van der Waals surface area (Å²) >= 11 is 4.89. The summed E-state index contributed by atoms with van der Waals surface area (Å²) in [6.07, 6.45) is 3.71. The number of hydrogen-bond acceptors (Lipinski definition) is 3. The molecule has 0 unspecified atom stereocenters. The van der Waals surface area contributed by atoms with Crippen molar-refractivity contribution in [1.29, 1.82) is 5.26 Å². The van der Waals surface area contributed by atoms with Gasteiger partial charge in [0.1, 0.15) is 6.07 Å². The van der Waals surface area contributed by atoms with Gasteiger partial charge in [-0.3, -0.25) is 4.68 Å². The molecule has 0 aliphatic rings. The predicted octanol–water partition coefficient (Wildman–Crippen LogP) is 3.21. The molecule has 2 aromatic rings. The zero-order chi connectivity index (χ0) is 11.5. The zero-order valence-corrected chi connectivity index (χ0v) is 10.9. The van der Waals surface area contributed by atoms with Crippen molar-refractivity contribution >= 4 is 27.7 Å². The second kappa shape index (κ2) is 4.73. The first-order valence-corrected chi connectivity index (χ1v) is 6.16. The summed E-state index contributed by atoms with van der Waals surface area (Å²) in [6.45, 7) is 0. The van der Waals surface area contributed by atoms with Gasteiger partial charge in [0, 0.05) is 22.6 Å². The minimum Gasteiger partial charge on any atom is -0.275 e. The molecule has 0 fully saturated rings. The fourth-order valence-corrected chi connectivity index (χ4v) is 2.53. The van der Waals surface area contributed by atoms with Gasteiger partial charge in [0.15, 0.2) is 0 Å². The van der Waals surface area contributed by atoms with Gasteiger partial charge in [-0.1, -0.05) is 27.7 Å². The fraction of sp³-hybridized carbons (Fsp3) is 0.0909. The number of nitriles is 1. The molecule has 0 aliphatic carbocycles. The van der Waals surface area contributed by atoms with E-state index in [-0.39, 0.29) is 0 Å². The van der Waals surface area contributed by atoms with Gasteiger partial charge in [0.05, 0.1) is 16.7 Å². The second-order valence-electron chi connectivity index (χ2n) is 3.20. The lowest BCUT2D eigenvalue weighted by Gasteiger charge is -2.01. The van der Waals surface area contributed by atoms with Crippen molar-refractivity contribution in [2.45, 2.75) is 9.79 Å². The summed E-state index contributed by atoms with van der Waals surface area (Å²) in [5.74, 6) is 0. The van der Waals surface area contributed by atoms with Crippen molar-refractivity contribution in [3.8, 4) is 6.07 Å². The average Bonchev–Trinajstić information content (AvgIpc) is 2.67. The molecule has 80 valence electrons. The largest absolute Gasteiger partial charge is 0.275 e. The lowest BCUT2D eigenvalue weighted by molar-refractivity contribution is 0.766. The maximum Gasteiger partial charge on any atom is 0.100 e. The van der Waals surface area contributed by atoms with E-state index >= 15 is 0 Å². The first-order valence-electron chi connectivity index (χ1n) is 4.55. The molecule has 0 saturated heterocycles. The number of nitrogens with zero attached hydrogens (tertiary/aromatic N) is 3. The predicted molar refractivity (Wildman–Crippen MR) is 66.2 cm³/mol. The van der Waals surface area contributed by atoms with Gasteiger partial charge in [0.25, 0.3) is 0 Å². The van der Waals surface area contributed by atoms with Crippen LogP contribution in [-0.4, -0.2) is 9.78 Å². The summed E-state index contributed by atoms with van der Waals surface area (Å²) < 4.78 is 2.66. The molecule has 1 heterocycles. The van der Waals surface area contributed by atoms with E-state index in [0.717, 1.165) is 14.3 Å². The van der Waals surface area contributed by atoms with E-state index in [9.17, 15) is 0 Å². The molecular weight excluding hydrogens is 286 g/mol. The third kappa shape index (κ3) is 2.46. The smallest absolute Gasteiger partial charge is 0.100 e. The number of benzene rings is 1. The van der Waals surface area contributed by atoms with Gasteiger partial charge in [0.2, 0.25) is 0 Å². The lowest BCUT2D eigenvalue weighted by Crippen LogP contribution is -1.84. The van der Waals surface area contributed by atoms with E-state index < -0.39 is 0 Å². The molecule has 2 rings (SSSR count). The maximum atomic E-state index is 9.02.